The number of rotatable bonds is 6. The number of hydrogen-bond donors (Lipinski definition) is 1. The molecule has 2 atom stereocenters. The fourth-order valence-electron chi connectivity index (χ4n) is 4.75. The minimum Gasteiger partial charge on any atom is -0.385 e. The summed E-state index contributed by atoms with van der Waals surface area (Å²) in [4.78, 5) is 0. The van der Waals surface area contributed by atoms with Gasteiger partial charge in [-0.1, -0.05) is 56.2 Å². The molecule has 1 N–H and O–H groups in total. The minimum atomic E-state index is -0.871. The van der Waals surface area contributed by atoms with Gasteiger partial charge in [-0.05, 0) is 73.1 Å². The lowest BCUT2D eigenvalue weighted by Gasteiger charge is -2.41. The summed E-state index contributed by atoms with van der Waals surface area (Å²) in [5.41, 5.74) is 4.19. The van der Waals surface area contributed by atoms with Crippen LogP contribution in [-0.2, 0) is 12.0 Å². The van der Waals surface area contributed by atoms with Crippen LogP contribution in [0.1, 0.15) is 56.9 Å². The van der Waals surface area contributed by atoms with Crippen LogP contribution in [0.3, 0.4) is 0 Å². The zero-order valence-corrected chi connectivity index (χ0v) is 17.9. The average molecular weight is 405 g/mol. The average Bonchev–Trinajstić information content (AvgIpc) is 3.11. The molecule has 2 unspecified atom stereocenters. The summed E-state index contributed by atoms with van der Waals surface area (Å²) < 4.78 is 15.2. The quantitative estimate of drug-likeness (QED) is 0.543. The zero-order chi connectivity index (χ0) is 21.4. The smallest absolute Gasteiger partial charge is 0.123 e. The molecule has 0 bridgehead atoms. The number of nitrogens with zero attached hydrogens (tertiary/aromatic N) is 2. The van der Waals surface area contributed by atoms with Crippen LogP contribution in [-0.4, -0.2) is 14.9 Å². The third-order valence-electron chi connectivity index (χ3n) is 6.50. The molecule has 1 aliphatic rings. The number of aliphatic hydroxyl groups is 1. The second-order valence-electron chi connectivity index (χ2n) is 8.83. The maximum atomic E-state index is 13.3. The molecule has 4 rings (SSSR count). The molecule has 0 saturated carbocycles. The van der Waals surface area contributed by atoms with Gasteiger partial charge in [-0.3, -0.25) is 0 Å². The van der Waals surface area contributed by atoms with E-state index in [4.69, 9.17) is 0 Å². The van der Waals surface area contributed by atoms with Gasteiger partial charge in [-0.25, -0.2) is 9.07 Å². The van der Waals surface area contributed by atoms with Crippen molar-refractivity contribution in [2.45, 2.75) is 52.1 Å². The molecule has 0 spiro atoms. The van der Waals surface area contributed by atoms with Gasteiger partial charge in [0.2, 0.25) is 0 Å². The van der Waals surface area contributed by atoms with Crippen LogP contribution in [0.15, 0.2) is 66.4 Å². The Labute approximate surface area is 177 Å². The lowest BCUT2D eigenvalue weighted by Crippen LogP contribution is -2.36. The Morgan fingerprint density at radius 1 is 1.13 bits per heavy atom. The van der Waals surface area contributed by atoms with Crippen LogP contribution in [0.5, 0.6) is 0 Å². The van der Waals surface area contributed by atoms with Gasteiger partial charge >= 0.3 is 0 Å². The van der Waals surface area contributed by atoms with Gasteiger partial charge < -0.3 is 5.11 Å². The molecule has 4 heteroatoms. The summed E-state index contributed by atoms with van der Waals surface area (Å²) in [5.74, 6) is -0.254. The molecule has 3 aromatic rings. The fourth-order valence-corrected chi connectivity index (χ4v) is 4.75. The van der Waals surface area contributed by atoms with E-state index in [9.17, 15) is 9.50 Å². The maximum Gasteiger partial charge on any atom is 0.123 e. The minimum absolute atomic E-state index is 0.177. The van der Waals surface area contributed by atoms with Crippen molar-refractivity contribution in [3.05, 3.63) is 89.0 Å². The molecule has 0 fully saturated rings. The van der Waals surface area contributed by atoms with Crippen molar-refractivity contribution in [2.75, 3.05) is 0 Å². The van der Waals surface area contributed by atoms with Crippen molar-refractivity contribution in [3.63, 3.8) is 0 Å². The van der Waals surface area contributed by atoms with E-state index >= 15 is 0 Å². The molecule has 30 heavy (non-hydrogen) atoms. The van der Waals surface area contributed by atoms with Gasteiger partial charge in [0.1, 0.15) is 5.82 Å². The fraction of sp³-hybridized carbons (Fsp3) is 0.346. The van der Waals surface area contributed by atoms with Crippen LogP contribution >= 0.6 is 0 Å². The molecule has 0 aliphatic heterocycles. The first-order chi connectivity index (χ1) is 14.3. The van der Waals surface area contributed by atoms with Crippen molar-refractivity contribution < 1.29 is 9.50 Å². The third kappa shape index (κ3) is 3.72. The largest absolute Gasteiger partial charge is 0.385 e. The third-order valence-corrected chi connectivity index (χ3v) is 6.50. The Morgan fingerprint density at radius 2 is 1.83 bits per heavy atom. The van der Waals surface area contributed by atoms with Gasteiger partial charge in [0.05, 0.1) is 23.2 Å². The summed E-state index contributed by atoms with van der Waals surface area (Å²) in [6, 6.07) is 16.4. The van der Waals surface area contributed by atoms with E-state index in [2.05, 4.69) is 31.9 Å². The molecule has 1 aliphatic carbocycles. The van der Waals surface area contributed by atoms with Crippen LogP contribution in [0.25, 0.3) is 11.8 Å². The van der Waals surface area contributed by atoms with E-state index in [1.54, 1.807) is 12.1 Å². The lowest BCUT2D eigenvalue weighted by atomic mass is 9.65. The summed E-state index contributed by atoms with van der Waals surface area (Å²) in [7, 11) is 0. The van der Waals surface area contributed by atoms with Crippen LogP contribution in [0.4, 0.5) is 4.39 Å². The van der Waals surface area contributed by atoms with Gasteiger partial charge in [0, 0.05) is 0 Å². The molecule has 0 radical (unpaired) electrons. The first kappa shape index (κ1) is 20.5. The standard InChI is InChI=1S/C26H29FN2O/c1-4-14-26(30,21-8-6-5-7-9-21)18-25(3)16-20-17-28-29(24(20)15-19(25)2)23-12-10-22(27)11-13-23/h5-13,15,17,30H,4,14,16,18H2,1-3H3. The normalized spacial score (nSPS) is 20.4. The highest BCUT2D eigenvalue weighted by Gasteiger charge is 2.41. The van der Waals surface area contributed by atoms with Gasteiger partial charge in [-0.15, -0.1) is 0 Å². The topological polar surface area (TPSA) is 38.1 Å². The molecule has 2 aromatic carbocycles. The first-order valence-corrected chi connectivity index (χ1v) is 10.6. The molecule has 3 nitrogen and oxygen atoms in total. The number of fused-ring (bicyclic) bond motifs is 1. The highest BCUT2D eigenvalue weighted by Crippen LogP contribution is 2.47. The second-order valence-corrected chi connectivity index (χ2v) is 8.83. The Bertz CT molecular complexity index is 1050. The number of aromatic nitrogens is 2. The molecule has 156 valence electrons. The van der Waals surface area contributed by atoms with Crippen molar-refractivity contribution in [1.29, 1.82) is 0 Å². The van der Waals surface area contributed by atoms with Crippen molar-refractivity contribution in [3.8, 4) is 5.69 Å². The molecular formula is C26H29FN2O. The predicted molar refractivity (Wildman–Crippen MR) is 119 cm³/mol. The number of allylic oxidation sites excluding steroid dienone is 1. The summed E-state index contributed by atoms with van der Waals surface area (Å²) in [6.45, 7) is 6.49. The van der Waals surface area contributed by atoms with E-state index in [-0.39, 0.29) is 11.2 Å². The Hall–Kier alpha value is -2.72. The van der Waals surface area contributed by atoms with Crippen molar-refractivity contribution in [1.82, 2.24) is 9.78 Å². The van der Waals surface area contributed by atoms with Crippen molar-refractivity contribution >= 4 is 6.08 Å². The SMILES string of the molecule is CCCC(O)(CC1(C)Cc2cnn(-c3ccc(F)cc3)c2C=C1C)c1ccccc1. The summed E-state index contributed by atoms with van der Waals surface area (Å²) in [5, 5.41) is 16.3. The lowest BCUT2D eigenvalue weighted by molar-refractivity contribution is -0.0118. The number of halogens is 1. The van der Waals surface area contributed by atoms with Crippen LogP contribution in [0, 0.1) is 11.2 Å². The van der Waals surface area contributed by atoms with Gasteiger partial charge in [0.25, 0.3) is 0 Å². The summed E-state index contributed by atoms with van der Waals surface area (Å²) in [6.07, 6.45) is 7.18. The number of benzene rings is 2. The van der Waals surface area contributed by atoms with E-state index < -0.39 is 5.60 Å². The van der Waals surface area contributed by atoms with Gasteiger partial charge in [0.15, 0.2) is 0 Å². The van der Waals surface area contributed by atoms with Gasteiger partial charge in [-0.2, -0.15) is 5.10 Å². The Morgan fingerprint density at radius 3 is 2.50 bits per heavy atom. The highest BCUT2D eigenvalue weighted by atomic mass is 19.1. The Kier molecular flexibility index (Phi) is 5.37. The summed E-state index contributed by atoms with van der Waals surface area (Å²) >= 11 is 0. The maximum absolute atomic E-state index is 13.3. The van der Waals surface area contributed by atoms with E-state index in [1.807, 2.05) is 41.2 Å². The van der Waals surface area contributed by atoms with Crippen LogP contribution in [0.2, 0.25) is 0 Å². The van der Waals surface area contributed by atoms with E-state index in [1.165, 1.54) is 17.7 Å². The second kappa shape index (κ2) is 7.84. The van der Waals surface area contributed by atoms with Crippen LogP contribution < -0.4 is 0 Å². The highest BCUT2D eigenvalue weighted by molar-refractivity contribution is 5.60. The molecule has 0 amide bonds. The first-order valence-electron chi connectivity index (χ1n) is 10.6. The molecule has 1 aromatic heterocycles. The molecular weight excluding hydrogens is 375 g/mol. The molecule has 1 heterocycles. The molecule has 0 saturated heterocycles. The number of hydrogen-bond acceptors (Lipinski definition) is 2. The van der Waals surface area contributed by atoms with E-state index in [0.717, 1.165) is 41.8 Å². The zero-order valence-electron chi connectivity index (χ0n) is 17.9. The monoisotopic (exact) mass is 404 g/mol. The van der Waals surface area contributed by atoms with E-state index in [0.29, 0.717) is 6.42 Å². The van der Waals surface area contributed by atoms with Crippen molar-refractivity contribution in [2.24, 2.45) is 5.41 Å². The Balaban J connectivity index is 1.68. The predicted octanol–water partition coefficient (Wildman–Crippen LogP) is 6.06.